The van der Waals surface area contributed by atoms with Gasteiger partial charge in [0.2, 0.25) is 5.91 Å². The van der Waals surface area contributed by atoms with E-state index in [-0.39, 0.29) is 17.9 Å². The van der Waals surface area contributed by atoms with Gasteiger partial charge in [-0.1, -0.05) is 23.7 Å². The topological polar surface area (TPSA) is 50.4 Å². The van der Waals surface area contributed by atoms with Gasteiger partial charge in [0.1, 0.15) is 0 Å². The molecule has 0 aromatic heterocycles. The lowest BCUT2D eigenvalue weighted by atomic mass is 10.0. The van der Waals surface area contributed by atoms with Crippen LogP contribution >= 0.6 is 11.6 Å². The second-order valence-corrected chi connectivity index (χ2v) is 5.52. The van der Waals surface area contributed by atoms with Gasteiger partial charge in [-0.15, -0.1) is 0 Å². The van der Waals surface area contributed by atoms with Crippen molar-refractivity contribution in [2.24, 2.45) is 5.92 Å². The first-order valence-electron chi connectivity index (χ1n) is 6.96. The molecule has 1 aromatic carbocycles. The molecule has 1 fully saturated rings. The van der Waals surface area contributed by atoms with E-state index >= 15 is 0 Å². The van der Waals surface area contributed by atoms with Gasteiger partial charge in [-0.3, -0.25) is 4.79 Å². The summed E-state index contributed by atoms with van der Waals surface area (Å²) in [7, 11) is 1.67. The molecule has 2 atom stereocenters. The van der Waals surface area contributed by atoms with Crippen molar-refractivity contribution in [3.8, 4) is 0 Å². The number of hydrogen-bond donors (Lipinski definition) is 2. The van der Waals surface area contributed by atoms with Crippen LogP contribution in [0, 0.1) is 5.92 Å². The number of nitrogens with one attached hydrogen (secondary N) is 2. The third kappa shape index (κ3) is 4.20. The Hall–Kier alpha value is -1.10. The second kappa shape index (κ2) is 7.62. The maximum Gasteiger partial charge on any atom is 0.224 e. The number of methoxy groups -OCH3 is 1. The van der Waals surface area contributed by atoms with E-state index in [9.17, 15) is 4.79 Å². The van der Waals surface area contributed by atoms with Crippen molar-refractivity contribution in [3.63, 3.8) is 0 Å². The lowest BCUT2D eigenvalue weighted by Crippen LogP contribution is -2.35. The Bertz CT molecular complexity index is 430. The largest absolute Gasteiger partial charge is 0.385 e. The lowest BCUT2D eigenvalue weighted by Gasteiger charge is -2.21. The van der Waals surface area contributed by atoms with Crippen LogP contribution < -0.4 is 10.6 Å². The first-order valence-corrected chi connectivity index (χ1v) is 7.34. The standard InChI is InChI=1S/C15H21ClN2O2/c1-20-9-7-14(11-2-4-13(16)5-3-11)18-15(19)12-6-8-17-10-12/h2-5,12,14,17H,6-10H2,1H3,(H,18,19). The summed E-state index contributed by atoms with van der Waals surface area (Å²) in [4.78, 5) is 12.2. The van der Waals surface area contributed by atoms with Crippen LogP contribution in [0.3, 0.4) is 0 Å². The fourth-order valence-electron chi connectivity index (χ4n) is 2.42. The van der Waals surface area contributed by atoms with E-state index in [1.807, 2.05) is 24.3 Å². The van der Waals surface area contributed by atoms with Crippen molar-refractivity contribution < 1.29 is 9.53 Å². The van der Waals surface area contributed by atoms with E-state index in [0.29, 0.717) is 11.6 Å². The van der Waals surface area contributed by atoms with Crippen molar-refractivity contribution in [1.82, 2.24) is 10.6 Å². The van der Waals surface area contributed by atoms with Crippen molar-refractivity contribution in [1.29, 1.82) is 0 Å². The zero-order valence-corrected chi connectivity index (χ0v) is 12.5. The Labute approximate surface area is 124 Å². The first-order chi connectivity index (χ1) is 9.70. The lowest BCUT2D eigenvalue weighted by molar-refractivity contribution is -0.125. The van der Waals surface area contributed by atoms with Crippen LogP contribution in [0.1, 0.15) is 24.4 Å². The molecule has 2 unspecified atom stereocenters. The summed E-state index contributed by atoms with van der Waals surface area (Å²) in [6.07, 6.45) is 1.66. The minimum atomic E-state index is -0.0275. The van der Waals surface area contributed by atoms with Crippen LogP contribution in [-0.4, -0.2) is 32.7 Å². The molecule has 1 saturated heterocycles. The van der Waals surface area contributed by atoms with Crippen molar-refractivity contribution >= 4 is 17.5 Å². The molecular weight excluding hydrogens is 276 g/mol. The van der Waals surface area contributed by atoms with Crippen LogP contribution in [0.25, 0.3) is 0 Å². The number of halogens is 1. The molecule has 5 heteroatoms. The molecule has 0 saturated carbocycles. The van der Waals surface area contributed by atoms with Crippen LogP contribution in [0.5, 0.6) is 0 Å². The van der Waals surface area contributed by atoms with Gasteiger partial charge in [-0.25, -0.2) is 0 Å². The van der Waals surface area contributed by atoms with E-state index in [4.69, 9.17) is 16.3 Å². The van der Waals surface area contributed by atoms with Crippen molar-refractivity contribution in [3.05, 3.63) is 34.9 Å². The van der Waals surface area contributed by atoms with Crippen molar-refractivity contribution in [2.75, 3.05) is 26.8 Å². The summed E-state index contributed by atoms with van der Waals surface area (Å²) in [6.45, 7) is 2.29. The van der Waals surface area contributed by atoms with E-state index in [0.717, 1.165) is 31.5 Å². The summed E-state index contributed by atoms with van der Waals surface area (Å²) in [5, 5.41) is 7.04. The first kappa shape index (κ1) is 15.3. The summed E-state index contributed by atoms with van der Waals surface area (Å²) in [5.41, 5.74) is 1.06. The van der Waals surface area contributed by atoms with E-state index in [1.54, 1.807) is 7.11 Å². The molecule has 1 amide bonds. The average Bonchev–Trinajstić information content (AvgIpc) is 2.98. The quantitative estimate of drug-likeness (QED) is 0.846. The summed E-state index contributed by atoms with van der Waals surface area (Å²) in [5.74, 6) is 0.193. The minimum absolute atomic E-state index is 0.0275. The maximum atomic E-state index is 12.2. The van der Waals surface area contributed by atoms with Gasteiger partial charge >= 0.3 is 0 Å². The molecule has 0 bridgehead atoms. The number of amides is 1. The van der Waals surface area contributed by atoms with E-state index in [2.05, 4.69) is 10.6 Å². The number of carbonyl (C=O) groups is 1. The van der Waals surface area contributed by atoms with Gasteiger partial charge in [-0.2, -0.15) is 0 Å². The maximum absolute atomic E-state index is 12.2. The summed E-state index contributed by atoms with van der Waals surface area (Å²) in [6, 6.07) is 7.58. The number of ether oxygens (including phenoxy) is 1. The van der Waals surface area contributed by atoms with Gasteiger partial charge in [0.25, 0.3) is 0 Å². The zero-order chi connectivity index (χ0) is 14.4. The Kier molecular flexibility index (Phi) is 5.83. The summed E-state index contributed by atoms with van der Waals surface area (Å²) < 4.78 is 5.13. The van der Waals surface area contributed by atoms with Crippen LogP contribution in [0.4, 0.5) is 0 Å². The van der Waals surface area contributed by atoms with E-state index in [1.165, 1.54) is 0 Å². The molecule has 1 aliphatic heterocycles. The van der Waals surface area contributed by atoms with Crippen LogP contribution in [-0.2, 0) is 9.53 Å². The highest BCUT2D eigenvalue weighted by Crippen LogP contribution is 2.21. The predicted octanol–water partition coefficient (Wildman–Crippen LogP) is 2.14. The van der Waals surface area contributed by atoms with Gasteiger partial charge in [0.05, 0.1) is 12.0 Å². The molecule has 2 rings (SSSR count). The molecule has 0 spiro atoms. The molecule has 1 aliphatic rings. The molecule has 2 N–H and O–H groups in total. The number of carbonyl (C=O) groups excluding carboxylic acids is 1. The fourth-order valence-corrected chi connectivity index (χ4v) is 2.55. The highest BCUT2D eigenvalue weighted by atomic mass is 35.5. The van der Waals surface area contributed by atoms with Crippen LogP contribution in [0.2, 0.25) is 5.02 Å². The molecule has 20 heavy (non-hydrogen) atoms. The number of hydrogen-bond acceptors (Lipinski definition) is 3. The normalized spacial score (nSPS) is 19.8. The Balaban J connectivity index is 2.02. The van der Waals surface area contributed by atoms with Gasteiger partial charge in [0.15, 0.2) is 0 Å². The van der Waals surface area contributed by atoms with Gasteiger partial charge in [0, 0.05) is 25.3 Å². The Morgan fingerprint density at radius 3 is 2.85 bits per heavy atom. The highest BCUT2D eigenvalue weighted by molar-refractivity contribution is 6.30. The molecule has 1 heterocycles. The molecule has 0 radical (unpaired) electrons. The Morgan fingerprint density at radius 2 is 2.25 bits per heavy atom. The van der Waals surface area contributed by atoms with E-state index < -0.39 is 0 Å². The average molecular weight is 297 g/mol. The van der Waals surface area contributed by atoms with Gasteiger partial charge < -0.3 is 15.4 Å². The zero-order valence-electron chi connectivity index (χ0n) is 11.7. The molecule has 0 aliphatic carbocycles. The van der Waals surface area contributed by atoms with Gasteiger partial charge in [-0.05, 0) is 37.1 Å². The molecular formula is C15H21ClN2O2. The second-order valence-electron chi connectivity index (χ2n) is 5.08. The molecule has 4 nitrogen and oxygen atoms in total. The fraction of sp³-hybridized carbons (Fsp3) is 0.533. The number of benzene rings is 1. The number of rotatable bonds is 6. The SMILES string of the molecule is COCCC(NC(=O)C1CCNC1)c1ccc(Cl)cc1. The predicted molar refractivity (Wildman–Crippen MR) is 79.8 cm³/mol. The smallest absolute Gasteiger partial charge is 0.224 e. The third-order valence-electron chi connectivity index (χ3n) is 3.63. The Morgan fingerprint density at radius 1 is 1.50 bits per heavy atom. The molecule has 1 aromatic rings. The highest BCUT2D eigenvalue weighted by Gasteiger charge is 2.24. The third-order valence-corrected chi connectivity index (χ3v) is 3.88. The minimum Gasteiger partial charge on any atom is -0.385 e. The molecule has 110 valence electrons. The van der Waals surface area contributed by atoms with Crippen LogP contribution in [0.15, 0.2) is 24.3 Å². The van der Waals surface area contributed by atoms with Crippen molar-refractivity contribution in [2.45, 2.75) is 18.9 Å². The monoisotopic (exact) mass is 296 g/mol. The summed E-state index contributed by atoms with van der Waals surface area (Å²) >= 11 is 5.91.